The fourth-order valence-electron chi connectivity index (χ4n) is 2.39. The minimum Gasteiger partial charge on any atom is -0.493 e. The smallest absolute Gasteiger partial charge is 0.255 e. The number of amides is 2. The molecule has 2 rings (SSSR count). The molecule has 2 N–H and O–H groups in total. The maximum atomic E-state index is 12.4. The molecule has 0 bridgehead atoms. The summed E-state index contributed by atoms with van der Waals surface area (Å²) in [6.45, 7) is 7.53. The summed E-state index contributed by atoms with van der Waals surface area (Å²) < 4.78 is 5.63. The van der Waals surface area contributed by atoms with Crippen LogP contribution in [-0.2, 0) is 0 Å². The van der Waals surface area contributed by atoms with Crippen molar-refractivity contribution in [1.82, 2.24) is 5.32 Å². The molecular formula is C22H28N2O3. The minimum absolute atomic E-state index is 0.133. The van der Waals surface area contributed by atoms with Crippen molar-refractivity contribution >= 4 is 17.5 Å². The highest BCUT2D eigenvalue weighted by atomic mass is 16.5. The zero-order valence-corrected chi connectivity index (χ0v) is 16.2. The molecule has 0 aliphatic rings. The summed E-state index contributed by atoms with van der Waals surface area (Å²) in [5.74, 6) is 0.825. The Bertz CT molecular complexity index is 754. The number of carbonyl (C=O) groups excluding carboxylic acids is 2. The van der Waals surface area contributed by atoms with Gasteiger partial charge in [0, 0.05) is 23.4 Å². The first-order valence-corrected chi connectivity index (χ1v) is 9.42. The summed E-state index contributed by atoms with van der Waals surface area (Å²) in [5.41, 5.74) is 1.65. The number of hydrogen-bond acceptors (Lipinski definition) is 3. The number of unbranched alkanes of at least 4 members (excludes halogenated alkanes) is 1. The molecule has 0 fully saturated rings. The SMILES string of the molecule is CCCCNC(=O)c1cccc(NC(=O)c2ccc(OCC(C)C)cc2)c1. The van der Waals surface area contributed by atoms with E-state index in [4.69, 9.17) is 4.74 Å². The van der Waals surface area contributed by atoms with Gasteiger partial charge in [0.15, 0.2) is 0 Å². The standard InChI is InChI=1S/C22H28N2O3/c1-4-5-13-23-21(25)18-7-6-8-19(14-18)24-22(26)17-9-11-20(12-10-17)27-15-16(2)3/h6-12,14,16H,4-5,13,15H2,1-3H3,(H,23,25)(H,24,26). The van der Waals surface area contributed by atoms with Gasteiger partial charge in [0.25, 0.3) is 11.8 Å². The number of ether oxygens (including phenoxy) is 1. The third kappa shape index (κ3) is 6.77. The van der Waals surface area contributed by atoms with E-state index >= 15 is 0 Å². The van der Waals surface area contributed by atoms with Crippen molar-refractivity contribution in [1.29, 1.82) is 0 Å². The number of carbonyl (C=O) groups is 2. The summed E-state index contributed by atoms with van der Waals surface area (Å²) in [7, 11) is 0. The fraction of sp³-hybridized carbons (Fsp3) is 0.364. The molecule has 0 aromatic heterocycles. The Morgan fingerprint density at radius 1 is 1.00 bits per heavy atom. The average Bonchev–Trinajstić information content (AvgIpc) is 2.67. The topological polar surface area (TPSA) is 67.4 Å². The van der Waals surface area contributed by atoms with Gasteiger partial charge in [0.2, 0.25) is 0 Å². The van der Waals surface area contributed by atoms with Crippen LogP contribution in [0.1, 0.15) is 54.3 Å². The van der Waals surface area contributed by atoms with E-state index in [1.54, 1.807) is 48.5 Å². The van der Waals surface area contributed by atoms with Crippen LogP contribution in [0.5, 0.6) is 5.75 Å². The summed E-state index contributed by atoms with van der Waals surface area (Å²) >= 11 is 0. The second-order valence-corrected chi connectivity index (χ2v) is 6.87. The van der Waals surface area contributed by atoms with Gasteiger partial charge in [0.1, 0.15) is 5.75 Å². The third-order valence-corrected chi connectivity index (χ3v) is 3.90. The van der Waals surface area contributed by atoms with E-state index < -0.39 is 0 Å². The van der Waals surface area contributed by atoms with Gasteiger partial charge in [-0.3, -0.25) is 9.59 Å². The molecule has 0 aliphatic heterocycles. The molecular weight excluding hydrogens is 340 g/mol. The maximum absolute atomic E-state index is 12.4. The predicted molar refractivity (Wildman–Crippen MR) is 108 cm³/mol. The molecule has 2 aromatic rings. The van der Waals surface area contributed by atoms with Gasteiger partial charge < -0.3 is 15.4 Å². The lowest BCUT2D eigenvalue weighted by Crippen LogP contribution is -2.24. The van der Waals surface area contributed by atoms with Crippen LogP contribution in [-0.4, -0.2) is 25.0 Å². The molecule has 0 unspecified atom stereocenters. The van der Waals surface area contributed by atoms with E-state index in [2.05, 4.69) is 31.4 Å². The van der Waals surface area contributed by atoms with E-state index in [0.717, 1.165) is 18.6 Å². The summed E-state index contributed by atoms with van der Waals surface area (Å²) in [6.07, 6.45) is 1.97. The van der Waals surface area contributed by atoms with Crippen molar-refractivity contribution in [3.8, 4) is 5.75 Å². The van der Waals surface area contributed by atoms with E-state index in [1.807, 2.05) is 0 Å². The zero-order valence-electron chi connectivity index (χ0n) is 16.2. The summed E-state index contributed by atoms with van der Waals surface area (Å²) in [5, 5.41) is 5.70. The van der Waals surface area contributed by atoms with Crippen molar-refractivity contribution in [2.45, 2.75) is 33.6 Å². The van der Waals surface area contributed by atoms with Crippen LogP contribution in [0.3, 0.4) is 0 Å². The first-order chi connectivity index (χ1) is 13.0. The zero-order chi connectivity index (χ0) is 19.6. The normalized spacial score (nSPS) is 10.5. The number of benzene rings is 2. The number of anilines is 1. The van der Waals surface area contributed by atoms with Crippen molar-refractivity contribution in [2.24, 2.45) is 5.92 Å². The fourth-order valence-corrected chi connectivity index (χ4v) is 2.39. The molecule has 0 heterocycles. The Morgan fingerprint density at radius 3 is 2.41 bits per heavy atom. The Labute approximate surface area is 161 Å². The molecule has 5 heteroatoms. The van der Waals surface area contributed by atoms with Gasteiger partial charge in [-0.25, -0.2) is 0 Å². The van der Waals surface area contributed by atoms with Crippen molar-refractivity contribution in [3.05, 3.63) is 59.7 Å². The van der Waals surface area contributed by atoms with Crippen molar-refractivity contribution in [2.75, 3.05) is 18.5 Å². The first kappa shape index (κ1) is 20.5. The molecule has 144 valence electrons. The van der Waals surface area contributed by atoms with Crippen LogP contribution in [0.2, 0.25) is 0 Å². The predicted octanol–water partition coefficient (Wildman–Crippen LogP) is 4.50. The molecule has 0 radical (unpaired) electrons. The van der Waals surface area contributed by atoms with Crippen LogP contribution in [0.4, 0.5) is 5.69 Å². The van der Waals surface area contributed by atoms with E-state index in [1.165, 1.54) is 0 Å². The number of nitrogens with one attached hydrogen (secondary N) is 2. The van der Waals surface area contributed by atoms with Gasteiger partial charge in [-0.05, 0) is 54.8 Å². The monoisotopic (exact) mass is 368 g/mol. The molecule has 0 aliphatic carbocycles. The lowest BCUT2D eigenvalue weighted by molar-refractivity contribution is 0.0951. The third-order valence-electron chi connectivity index (χ3n) is 3.90. The highest BCUT2D eigenvalue weighted by Gasteiger charge is 2.09. The minimum atomic E-state index is -0.228. The van der Waals surface area contributed by atoms with E-state index in [0.29, 0.717) is 35.9 Å². The molecule has 0 saturated heterocycles. The van der Waals surface area contributed by atoms with Crippen LogP contribution in [0.15, 0.2) is 48.5 Å². The van der Waals surface area contributed by atoms with E-state index in [9.17, 15) is 9.59 Å². The van der Waals surface area contributed by atoms with Gasteiger partial charge in [0.05, 0.1) is 6.61 Å². The summed E-state index contributed by atoms with van der Waals surface area (Å²) in [4.78, 5) is 24.6. The molecule has 27 heavy (non-hydrogen) atoms. The van der Waals surface area contributed by atoms with E-state index in [-0.39, 0.29) is 11.8 Å². The van der Waals surface area contributed by atoms with Gasteiger partial charge in [-0.1, -0.05) is 33.3 Å². The Morgan fingerprint density at radius 2 is 1.74 bits per heavy atom. The van der Waals surface area contributed by atoms with Gasteiger partial charge in [-0.2, -0.15) is 0 Å². The van der Waals surface area contributed by atoms with Gasteiger partial charge in [-0.15, -0.1) is 0 Å². The largest absolute Gasteiger partial charge is 0.493 e. The lowest BCUT2D eigenvalue weighted by Gasteiger charge is -2.10. The second kappa shape index (κ2) is 10.4. The second-order valence-electron chi connectivity index (χ2n) is 6.87. The first-order valence-electron chi connectivity index (χ1n) is 9.42. The Hall–Kier alpha value is -2.82. The van der Waals surface area contributed by atoms with Gasteiger partial charge >= 0.3 is 0 Å². The molecule has 2 aromatic carbocycles. The Balaban J connectivity index is 1.97. The van der Waals surface area contributed by atoms with Crippen LogP contribution in [0.25, 0.3) is 0 Å². The molecule has 2 amide bonds. The van der Waals surface area contributed by atoms with Crippen LogP contribution in [0, 0.1) is 5.92 Å². The number of rotatable bonds is 9. The quantitative estimate of drug-likeness (QED) is 0.640. The Kier molecular flexibility index (Phi) is 7.86. The average molecular weight is 368 g/mol. The number of hydrogen-bond donors (Lipinski definition) is 2. The van der Waals surface area contributed by atoms with Crippen molar-refractivity contribution < 1.29 is 14.3 Å². The maximum Gasteiger partial charge on any atom is 0.255 e. The molecule has 0 atom stereocenters. The highest BCUT2D eigenvalue weighted by Crippen LogP contribution is 2.16. The van der Waals surface area contributed by atoms with Crippen LogP contribution >= 0.6 is 0 Å². The molecule has 0 spiro atoms. The van der Waals surface area contributed by atoms with Crippen molar-refractivity contribution in [3.63, 3.8) is 0 Å². The molecule has 5 nitrogen and oxygen atoms in total. The van der Waals surface area contributed by atoms with Crippen LogP contribution < -0.4 is 15.4 Å². The lowest BCUT2D eigenvalue weighted by atomic mass is 10.1. The summed E-state index contributed by atoms with van der Waals surface area (Å²) in [6, 6.07) is 14.0. The molecule has 0 saturated carbocycles. The highest BCUT2D eigenvalue weighted by molar-refractivity contribution is 6.05.